The fourth-order valence-electron chi connectivity index (χ4n) is 3.29. The molecule has 0 aliphatic carbocycles. The number of rotatable bonds is 7. The van der Waals surface area contributed by atoms with Gasteiger partial charge in [-0.15, -0.1) is 0 Å². The first-order chi connectivity index (χ1) is 15.2. The van der Waals surface area contributed by atoms with Gasteiger partial charge in [-0.2, -0.15) is 0 Å². The van der Waals surface area contributed by atoms with Gasteiger partial charge in [-0.1, -0.05) is 48.5 Å². The predicted octanol–water partition coefficient (Wildman–Crippen LogP) is 4.37. The highest BCUT2D eigenvalue weighted by atomic mass is 16.2. The Morgan fingerprint density at radius 2 is 1.55 bits per heavy atom. The van der Waals surface area contributed by atoms with Crippen molar-refractivity contribution in [3.63, 3.8) is 0 Å². The molecule has 0 saturated heterocycles. The van der Waals surface area contributed by atoms with E-state index in [1.807, 2.05) is 83.6 Å². The molecule has 4 rings (SSSR count). The standard InChI is InChI=1S/C25H22N4O2/c30-24(27-21-11-13-22(14-12-21)29-16-15-26-18-29)17-23(19-7-3-1-4-8-19)28-25(31)20-9-5-2-6-10-20/h1-16,18,23H,17H2,(H,27,30)(H,28,31). The Morgan fingerprint density at radius 1 is 0.871 bits per heavy atom. The van der Waals surface area contributed by atoms with Crippen molar-refractivity contribution in [2.24, 2.45) is 0 Å². The third-order valence-electron chi connectivity index (χ3n) is 4.89. The SMILES string of the molecule is O=C(CC(NC(=O)c1ccccc1)c1ccccc1)Nc1ccc(-n2ccnc2)cc1. The number of carbonyl (C=O) groups is 2. The van der Waals surface area contributed by atoms with Gasteiger partial charge in [-0.05, 0) is 42.0 Å². The van der Waals surface area contributed by atoms with Crippen LogP contribution >= 0.6 is 0 Å². The summed E-state index contributed by atoms with van der Waals surface area (Å²) in [5, 5.41) is 5.90. The van der Waals surface area contributed by atoms with E-state index in [1.54, 1.807) is 24.7 Å². The van der Waals surface area contributed by atoms with Crippen molar-refractivity contribution in [3.8, 4) is 5.69 Å². The first kappa shape index (κ1) is 20.1. The molecule has 0 radical (unpaired) electrons. The molecule has 2 N–H and O–H groups in total. The molecule has 0 saturated carbocycles. The summed E-state index contributed by atoms with van der Waals surface area (Å²) < 4.78 is 1.89. The maximum absolute atomic E-state index is 12.8. The number of nitrogens with zero attached hydrogens (tertiary/aromatic N) is 2. The van der Waals surface area contributed by atoms with Crippen molar-refractivity contribution in [1.29, 1.82) is 0 Å². The lowest BCUT2D eigenvalue weighted by atomic mass is 10.0. The summed E-state index contributed by atoms with van der Waals surface area (Å²) in [7, 11) is 0. The molecule has 1 aromatic heterocycles. The molecule has 0 spiro atoms. The van der Waals surface area contributed by atoms with Crippen molar-refractivity contribution < 1.29 is 9.59 Å². The van der Waals surface area contributed by atoms with Crippen LogP contribution in [0.25, 0.3) is 5.69 Å². The van der Waals surface area contributed by atoms with Gasteiger partial charge in [0.1, 0.15) is 0 Å². The zero-order chi connectivity index (χ0) is 21.5. The van der Waals surface area contributed by atoms with Gasteiger partial charge in [0, 0.05) is 29.3 Å². The topological polar surface area (TPSA) is 76.0 Å². The maximum Gasteiger partial charge on any atom is 0.251 e. The highest BCUT2D eigenvalue weighted by molar-refractivity contribution is 5.95. The number of amides is 2. The van der Waals surface area contributed by atoms with E-state index in [1.165, 1.54) is 0 Å². The molecule has 1 atom stereocenters. The van der Waals surface area contributed by atoms with Crippen molar-refractivity contribution in [1.82, 2.24) is 14.9 Å². The second-order valence-electron chi connectivity index (χ2n) is 7.07. The Morgan fingerprint density at radius 3 is 2.19 bits per heavy atom. The lowest BCUT2D eigenvalue weighted by Gasteiger charge is -2.19. The molecule has 154 valence electrons. The number of benzene rings is 3. The van der Waals surface area contributed by atoms with Gasteiger partial charge in [0.05, 0.1) is 18.8 Å². The molecule has 0 bridgehead atoms. The van der Waals surface area contributed by atoms with Gasteiger partial charge in [-0.25, -0.2) is 4.98 Å². The van der Waals surface area contributed by atoms with Gasteiger partial charge < -0.3 is 15.2 Å². The predicted molar refractivity (Wildman–Crippen MR) is 120 cm³/mol. The molecular formula is C25H22N4O2. The first-order valence-corrected chi connectivity index (χ1v) is 9.98. The maximum atomic E-state index is 12.8. The van der Waals surface area contributed by atoms with Crippen LogP contribution in [0.2, 0.25) is 0 Å². The molecular weight excluding hydrogens is 388 g/mol. The van der Waals surface area contributed by atoms with E-state index >= 15 is 0 Å². The highest BCUT2D eigenvalue weighted by Crippen LogP contribution is 2.19. The molecule has 0 fully saturated rings. The second kappa shape index (κ2) is 9.54. The summed E-state index contributed by atoms with van der Waals surface area (Å²) in [5.41, 5.74) is 3.07. The van der Waals surface area contributed by atoms with E-state index in [0.717, 1.165) is 11.3 Å². The van der Waals surface area contributed by atoms with Gasteiger partial charge >= 0.3 is 0 Å². The fraction of sp³-hybridized carbons (Fsp3) is 0.0800. The molecule has 1 unspecified atom stereocenters. The van der Waals surface area contributed by atoms with Crippen LogP contribution in [0.5, 0.6) is 0 Å². The highest BCUT2D eigenvalue weighted by Gasteiger charge is 2.19. The number of hydrogen-bond acceptors (Lipinski definition) is 3. The van der Waals surface area contributed by atoms with Crippen molar-refractivity contribution in [3.05, 3.63) is 115 Å². The summed E-state index contributed by atoms with van der Waals surface area (Å²) in [4.78, 5) is 29.5. The Labute approximate surface area is 180 Å². The number of anilines is 1. The van der Waals surface area contributed by atoms with Gasteiger partial charge in [-0.3, -0.25) is 9.59 Å². The van der Waals surface area contributed by atoms with E-state index in [2.05, 4.69) is 15.6 Å². The van der Waals surface area contributed by atoms with E-state index in [-0.39, 0.29) is 18.2 Å². The van der Waals surface area contributed by atoms with Crippen LogP contribution in [-0.2, 0) is 4.79 Å². The van der Waals surface area contributed by atoms with E-state index in [0.29, 0.717) is 11.3 Å². The zero-order valence-electron chi connectivity index (χ0n) is 16.8. The molecule has 3 aromatic carbocycles. The summed E-state index contributed by atoms with van der Waals surface area (Å²) in [6.07, 6.45) is 5.40. The second-order valence-corrected chi connectivity index (χ2v) is 7.07. The van der Waals surface area contributed by atoms with Crippen LogP contribution < -0.4 is 10.6 Å². The lowest BCUT2D eigenvalue weighted by Crippen LogP contribution is -2.31. The minimum Gasteiger partial charge on any atom is -0.345 e. The minimum absolute atomic E-state index is 0.117. The normalized spacial score (nSPS) is 11.5. The number of nitrogens with one attached hydrogen (secondary N) is 2. The van der Waals surface area contributed by atoms with Crippen LogP contribution in [0.4, 0.5) is 5.69 Å². The summed E-state index contributed by atoms with van der Waals surface area (Å²) >= 11 is 0. The van der Waals surface area contributed by atoms with Gasteiger partial charge in [0.25, 0.3) is 5.91 Å². The average molecular weight is 410 g/mol. The summed E-state index contributed by atoms with van der Waals surface area (Å²) in [6, 6.07) is 25.5. The van der Waals surface area contributed by atoms with E-state index in [9.17, 15) is 9.59 Å². The Kier molecular flexibility index (Phi) is 6.18. The average Bonchev–Trinajstić information content (AvgIpc) is 3.35. The molecule has 6 heteroatoms. The molecule has 4 aromatic rings. The first-order valence-electron chi connectivity index (χ1n) is 9.98. The molecule has 2 amide bonds. The van der Waals surface area contributed by atoms with Gasteiger partial charge in [0.15, 0.2) is 0 Å². The number of imidazole rings is 1. The smallest absolute Gasteiger partial charge is 0.251 e. The van der Waals surface area contributed by atoms with Gasteiger partial charge in [0.2, 0.25) is 5.91 Å². The fourth-order valence-corrected chi connectivity index (χ4v) is 3.29. The third kappa shape index (κ3) is 5.25. The largest absolute Gasteiger partial charge is 0.345 e. The minimum atomic E-state index is -0.445. The molecule has 6 nitrogen and oxygen atoms in total. The van der Waals surface area contributed by atoms with Crippen LogP contribution in [0, 0.1) is 0 Å². The zero-order valence-corrected chi connectivity index (χ0v) is 16.8. The monoisotopic (exact) mass is 410 g/mol. The Hall–Kier alpha value is -4.19. The molecule has 31 heavy (non-hydrogen) atoms. The number of aromatic nitrogens is 2. The summed E-state index contributed by atoms with van der Waals surface area (Å²) in [5.74, 6) is -0.399. The number of carbonyl (C=O) groups excluding carboxylic acids is 2. The quantitative estimate of drug-likeness (QED) is 0.475. The Balaban J connectivity index is 1.45. The lowest BCUT2D eigenvalue weighted by molar-refractivity contribution is -0.116. The van der Waals surface area contributed by atoms with E-state index < -0.39 is 6.04 Å². The van der Waals surface area contributed by atoms with Crippen LogP contribution in [0.3, 0.4) is 0 Å². The third-order valence-corrected chi connectivity index (χ3v) is 4.89. The van der Waals surface area contributed by atoms with Crippen molar-refractivity contribution in [2.75, 3.05) is 5.32 Å². The number of hydrogen-bond donors (Lipinski definition) is 2. The van der Waals surface area contributed by atoms with Crippen LogP contribution in [0.15, 0.2) is 104 Å². The summed E-state index contributed by atoms with van der Waals surface area (Å²) in [6.45, 7) is 0. The molecule has 0 aliphatic heterocycles. The van der Waals surface area contributed by atoms with E-state index in [4.69, 9.17) is 0 Å². The molecule has 0 aliphatic rings. The van der Waals surface area contributed by atoms with Crippen LogP contribution in [-0.4, -0.2) is 21.4 Å². The van der Waals surface area contributed by atoms with Crippen LogP contribution in [0.1, 0.15) is 28.4 Å². The van der Waals surface area contributed by atoms with Crippen molar-refractivity contribution in [2.45, 2.75) is 12.5 Å². The molecule has 1 heterocycles. The van der Waals surface area contributed by atoms with Crippen molar-refractivity contribution >= 4 is 17.5 Å². The Bertz CT molecular complexity index is 1130.